The fourth-order valence-corrected chi connectivity index (χ4v) is 3.00. The zero-order valence-electron chi connectivity index (χ0n) is 16.4. The van der Waals surface area contributed by atoms with E-state index in [1.165, 1.54) is 12.1 Å². The molecule has 0 saturated carbocycles. The molecule has 2 amide bonds. The van der Waals surface area contributed by atoms with Crippen LogP contribution in [-0.2, 0) is 6.54 Å². The van der Waals surface area contributed by atoms with Crippen LogP contribution in [0.25, 0.3) is 0 Å². The number of rotatable bonds is 6. The van der Waals surface area contributed by atoms with E-state index in [2.05, 4.69) is 24.5 Å². The molecule has 3 aromatic carbocycles. The predicted octanol–water partition coefficient (Wildman–Crippen LogP) is 5.13. The molecule has 0 heterocycles. The molecule has 0 unspecified atom stereocenters. The molecule has 4 nitrogen and oxygen atoms in total. The normalized spacial score (nSPS) is 10.6. The second-order valence-corrected chi connectivity index (χ2v) is 7.09. The van der Waals surface area contributed by atoms with Gasteiger partial charge in [0, 0.05) is 23.4 Å². The first-order chi connectivity index (χ1) is 13.9. The van der Waals surface area contributed by atoms with Crippen LogP contribution in [-0.4, -0.2) is 11.8 Å². The molecule has 0 aliphatic heterocycles. The van der Waals surface area contributed by atoms with Crippen molar-refractivity contribution >= 4 is 17.5 Å². The van der Waals surface area contributed by atoms with Crippen molar-refractivity contribution in [1.82, 2.24) is 5.32 Å². The molecule has 5 heteroatoms. The minimum atomic E-state index is -0.321. The van der Waals surface area contributed by atoms with Gasteiger partial charge < -0.3 is 10.6 Å². The molecule has 0 atom stereocenters. The van der Waals surface area contributed by atoms with Gasteiger partial charge in [0.2, 0.25) is 0 Å². The molecule has 0 bridgehead atoms. The van der Waals surface area contributed by atoms with Crippen LogP contribution in [0.2, 0.25) is 0 Å². The highest BCUT2D eigenvalue weighted by Crippen LogP contribution is 2.24. The Morgan fingerprint density at radius 3 is 2.21 bits per heavy atom. The monoisotopic (exact) mass is 390 g/mol. The Morgan fingerprint density at radius 1 is 0.862 bits per heavy atom. The van der Waals surface area contributed by atoms with E-state index in [4.69, 9.17) is 0 Å². The molecule has 0 spiro atoms. The molecule has 2 N–H and O–H groups in total. The average Bonchev–Trinajstić information content (AvgIpc) is 2.73. The van der Waals surface area contributed by atoms with Crippen molar-refractivity contribution in [3.63, 3.8) is 0 Å². The smallest absolute Gasteiger partial charge is 0.255 e. The van der Waals surface area contributed by atoms with Gasteiger partial charge in [-0.05, 0) is 53.4 Å². The highest BCUT2D eigenvalue weighted by Gasteiger charge is 2.13. The molecule has 0 radical (unpaired) electrons. The molecule has 3 aromatic rings. The molecule has 0 saturated heterocycles. The Balaban J connectivity index is 1.69. The fraction of sp³-hybridized carbons (Fsp3) is 0.167. The van der Waals surface area contributed by atoms with Crippen molar-refractivity contribution < 1.29 is 14.0 Å². The number of para-hydroxylation sites is 1. The first-order valence-electron chi connectivity index (χ1n) is 9.47. The SMILES string of the molecule is CC(C)c1ccccc1NC(=O)c1cccc(C(=O)NCc2ccc(F)cc2)c1. The first-order valence-corrected chi connectivity index (χ1v) is 9.47. The Morgan fingerprint density at radius 2 is 1.52 bits per heavy atom. The number of amides is 2. The highest BCUT2D eigenvalue weighted by atomic mass is 19.1. The van der Waals surface area contributed by atoms with Gasteiger partial charge in [-0.3, -0.25) is 9.59 Å². The summed E-state index contributed by atoms with van der Waals surface area (Å²) in [6.45, 7) is 4.41. The van der Waals surface area contributed by atoms with E-state index < -0.39 is 0 Å². The maximum absolute atomic E-state index is 13.0. The van der Waals surface area contributed by atoms with Crippen molar-refractivity contribution in [1.29, 1.82) is 0 Å². The number of carbonyl (C=O) groups is 2. The highest BCUT2D eigenvalue weighted by molar-refractivity contribution is 6.06. The maximum Gasteiger partial charge on any atom is 0.255 e. The molecule has 29 heavy (non-hydrogen) atoms. The molecule has 148 valence electrons. The maximum atomic E-state index is 13.0. The molecule has 0 aromatic heterocycles. The minimum Gasteiger partial charge on any atom is -0.348 e. The van der Waals surface area contributed by atoms with Gasteiger partial charge in [-0.2, -0.15) is 0 Å². The molecular weight excluding hydrogens is 367 g/mol. The van der Waals surface area contributed by atoms with Gasteiger partial charge in [0.15, 0.2) is 0 Å². The van der Waals surface area contributed by atoms with E-state index in [0.717, 1.165) is 16.8 Å². The number of hydrogen-bond acceptors (Lipinski definition) is 2. The summed E-state index contributed by atoms with van der Waals surface area (Å²) in [6, 6.07) is 20.2. The van der Waals surface area contributed by atoms with Crippen molar-refractivity contribution in [2.24, 2.45) is 0 Å². The summed E-state index contributed by atoms with van der Waals surface area (Å²) >= 11 is 0. The Labute approximate surface area is 169 Å². The van der Waals surface area contributed by atoms with Crippen LogP contribution in [0.5, 0.6) is 0 Å². The van der Waals surface area contributed by atoms with Crippen LogP contribution < -0.4 is 10.6 Å². The second kappa shape index (κ2) is 9.15. The minimum absolute atomic E-state index is 0.272. The van der Waals surface area contributed by atoms with E-state index in [1.807, 2.05) is 24.3 Å². The van der Waals surface area contributed by atoms with Crippen molar-refractivity contribution in [3.05, 3.63) is 101 Å². The van der Waals surface area contributed by atoms with Crippen LogP contribution in [0, 0.1) is 5.82 Å². The van der Waals surface area contributed by atoms with Crippen LogP contribution in [0.4, 0.5) is 10.1 Å². The third-order valence-corrected chi connectivity index (χ3v) is 4.58. The summed E-state index contributed by atoms with van der Waals surface area (Å²) in [5, 5.41) is 5.71. The third kappa shape index (κ3) is 5.29. The zero-order valence-corrected chi connectivity index (χ0v) is 16.4. The predicted molar refractivity (Wildman–Crippen MR) is 112 cm³/mol. The third-order valence-electron chi connectivity index (χ3n) is 4.58. The lowest BCUT2D eigenvalue weighted by Gasteiger charge is -2.14. The number of hydrogen-bond donors (Lipinski definition) is 2. The van der Waals surface area contributed by atoms with Gasteiger partial charge in [-0.25, -0.2) is 4.39 Å². The van der Waals surface area contributed by atoms with E-state index in [1.54, 1.807) is 36.4 Å². The number of nitrogens with one attached hydrogen (secondary N) is 2. The second-order valence-electron chi connectivity index (χ2n) is 7.09. The average molecular weight is 390 g/mol. The van der Waals surface area contributed by atoms with Crippen LogP contribution in [0.1, 0.15) is 51.6 Å². The van der Waals surface area contributed by atoms with Crippen LogP contribution in [0.3, 0.4) is 0 Å². The number of anilines is 1. The molecule has 0 aliphatic rings. The quantitative estimate of drug-likeness (QED) is 0.613. The first kappa shape index (κ1) is 20.3. The Hall–Kier alpha value is -3.47. The zero-order chi connectivity index (χ0) is 20.8. The van der Waals surface area contributed by atoms with E-state index in [9.17, 15) is 14.0 Å². The number of halogens is 1. The summed E-state index contributed by atoms with van der Waals surface area (Å²) in [7, 11) is 0. The molecular formula is C24H23FN2O2. The van der Waals surface area contributed by atoms with Crippen LogP contribution in [0.15, 0.2) is 72.8 Å². The molecule has 0 aliphatic carbocycles. The lowest BCUT2D eigenvalue weighted by atomic mass is 10.0. The summed E-state index contributed by atoms with van der Waals surface area (Å²) < 4.78 is 13.0. The standard InChI is InChI=1S/C24H23FN2O2/c1-16(2)21-8-3-4-9-22(21)27-24(29)19-7-5-6-18(14-19)23(28)26-15-17-10-12-20(25)13-11-17/h3-14,16H,15H2,1-2H3,(H,26,28)(H,27,29). The lowest BCUT2D eigenvalue weighted by Crippen LogP contribution is -2.23. The van der Waals surface area contributed by atoms with Crippen LogP contribution >= 0.6 is 0 Å². The van der Waals surface area contributed by atoms with Gasteiger partial charge in [0.1, 0.15) is 5.82 Å². The van der Waals surface area contributed by atoms with E-state index in [0.29, 0.717) is 11.1 Å². The topological polar surface area (TPSA) is 58.2 Å². The van der Waals surface area contributed by atoms with Gasteiger partial charge in [0.25, 0.3) is 11.8 Å². The molecule has 0 fully saturated rings. The van der Waals surface area contributed by atoms with Crippen molar-refractivity contribution in [2.45, 2.75) is 26.3 Å². The van der Waals surface area contributed by atoms with E-state index >= 15 is 0 Å². The lowest BCUT2D eigenvalue weighted by molar-refractivity contribution is 0.0951. The van der Waals surface area contributed by atoms with Gasteiger partial charge >= 0.3 is 0 Å². The Kier molecular flexibility index (Phi) is 6.39. The van der Waals surface area contributed by atoms with Crippen molar-refractivity contribution in [2.75, 3.05) is 5.32 Å². The summed E-state index contributed by atoms with van der Waals surface area (Å²) in [5.74, 6) is -0.620. The fourth-order valence-electron chi connectivity index (χ4n) is 3.00. The molecule has 3 rings (SSSR count). The Bertz CT molecular complexity index is 1010. The number of carbonyl (C=O) groups excluding carboxylic acids is 2. The summed E-state index contributed by atoms with van der Waals surface area (Å²) in [5.41, 5.74) is 3.39. The number of benzene rings is 3. The van der Waals surface area contributed by atoms with Crippen molar-refractivity contribution in [3.8, 4) is 0 Å². The summed E-state index contributed by atoms with van der Waals surface area (Å²) in [6.07, 6.45) is 0. The largest absolute Gasteiger partial charge is 0.348 e. The van der Waals surface area contributed by atoms with Gasteiger partial charge in [-0.15, -0.1) is 0 Å². The van der Waals surface area contributed by atoms with E-state index in [-0.39, 0.29) is 30.1 Å². The van der Waals surface area contributed by atoms with Gasteiger partial charge in [-0.1, -0.05) is 50.2 Å². The van der Waals surface area contributed by atoms with Gasteiger partial charge in [0.05, 0.1) is 0 Å². The summed E-state index contributed by atoms with van der Waals surface area (Å²) in [4.78, 5) is 25.1.